The molecule has 0 unspecified atom stereocenters. The zero-order chi connectivity index (χ0) is 12.5. The first kappa shape index (κ1) is 11.8. The van der Waals surface area contributed by atoms with E-state index in [-0.39, 0.29) is 0 Å². The van der Waals surface area contributed by atoms with Gasteiger partial charge in [-0.25, -0.2) is 9.97 Å². The van der Waals surface area contributed by atoms with Crippen LogP contribution < -0.4 is 4.90 Å². The first-order valence-corrected chi connectivity index (χ1v) is 7.32. The highest BCUT2D eigenvalue weighted by Crippen LogP contribution is 2.21. The molecule has 1 aliphatic heterocycles. The van der Waals surface area contributed by atoms with Gasteiger partial charge in [0.25, 0.3) is 0 Å². The van der Waals surface area contributed by atoms with E-state index in [4.69, 9.17) is 4.98 Å². The fraction of sp³-hybridized carbons (Fsp3) is 0.500. The molecular formula is C12H17N5S. The second kappa shape index (κ2) is 4.78. The summed E-state index contributed by atoms with van der Waals surface area (Å²) in [5, 5.41) is 0.999. The summed E-state index contributed by atoms with van der Waals surface area (Å²) >= 11 is 1.66. The lowest BCUT2D eigenvalue weighted by Crippen LogP contribution is -2.44. The Kier molecular flexibility index (Phi) is 3.13. The SMILES string of the molecule is CSc1nc(N2CCN(C)CC2)cc2nccn12. The zero-order valence-electron chi connectivity index (χ0n) is 10.7. The molecule has 1 saturated heterocycles. The smallest absolute Gasteiger partial charge is 0.175 e. The van der Waals surface area contributed by atoms with Crippen LogP contribution in [-0.4, -0.2) is 58.8 Å². The molecule has 3 heterocycles. The van der Waals surface area contributed by atoms with Crippen molar-refractivity contribution in [3.05, 3.63) is 18.5 Å². The number of aromatic nitrogens is 3. The van der Waals surface area contributed by atoms with Crippen LogP contribution in [0.3, 0.4) is 0 Å². The van der Waals surface area contributed by atoms with Gasteiger partial charge in [0, 0.05) is 44.6 Å². The third-order valence-electron chi connectivity index (χ3n) is 3.35. The van der Waals surface area contributed by atoms with Crippen molar-refractivity contribution >= 4 is 23.2 Å². The van der Waals surface area contributed by atoms with E-state index in [9.17, 15) is 0 Å². The van der Waals surface area contributed by atoms with Crippen LogP contribution >= 0.6 is 11.8 Å². The highest BCUT2D eigenvalue weighted by Gasteiger charge is 2.17. The van der Waals surface area contributed by atoms with E-state index in [0.29, 0.717) is 0 Å². The molecule has 0 aliphatic carbocycles. The van der Waals surface area contributed by atoms with E-state index in [1.807, 2.05) is 16.8 Å². The van der Waals surface area contributed by atoms with Gasteiger partial charge in [0.2, 0.25) is 0 Å². The number of imidazole rings is 1. The Morgan fingerprint density at radius 3 is 2.72 bits per heavy atom. The summed E-state index contributed by atoms with van der Waals surface area (Å²) in [6.07, 6.45) is 5.84. The van der Waals surface area contributed by atoms with Gasteiger partial charge in [0.15, 0.2) is 5.16 Å². The molecule has 2 aromatic rings. The lowest BCUT2D eigenvalue weighted by molar-refractivity contribution is 0.312. The monoisotopic (exact) mass is 263 g/mol. The number of rotatable bonds is 2. The van der Waals surface area contributed by atoms with Gasteiger partial charge < -0.3 is 9.80 Å². The van der Waals surface area contributed by atoms with Crippen molar-refractivity contribution in [1.82, 2.24) is 19.3 Å². The van der Waals surface area contributed by atoms with Crippen LogP contribution in [0.4, 0.5) is 5.82 Å². The second-order valence-electron chi connectivity index (χ2n) is 4.55. The maximum Gasteiger partial charge on any atom is 0.175 e. The molecule has 1 aliphatic rings. The molecule has 0 spiro atoms. The van der Waals surface area contributed by atoms with Crippen LogP contribution in [0.15, 0.2) is 23.6 Å². The van der Waals surface area contributed by atoms with Gasteiger partial charge >= 0.3 is 0 Å². The minimum Gasteiger partial charge on any atom is -0.354 e. The van der Waals surface area contributed by atoms with Crippen LogP contribution in [-0.2, 0) is 0 Å². The van der Waals surface area contributed by atoms with E-state index >= 15 is 0 Å². The van der Waals surface area contributed by atoms with Crippen LogP contribution in [0.5, 0.6) is 0 Å². The molecule has 0 radical (unpaired) electrons. The molecule has 0 N–H and O–H groups in total. The maximum absolute atomic E-state index is 4.73. The lowest BCUT2D eigenvalue weighted by Gasteiger charge is -2.33. The van der Waals surface area contributed by atoms with Gasteiger partial charge in [-0.2, -0.15) is 0 Å². The van der Waals surface area contributed by atoms with Crippen molar-refractivity contribution in [3.63, 3.8) is 0 Å². The topological polar surface area (TPSA) is 36.7 Å². The van der Waals surface area contributed by atoms with Gasteiger partial charge in [-0.1, -0.05) is 11.8 Å². The Morgan fingerprint density at radius 1 is 1.22 bits per heavy atom. The minimum atomic E-state index is 0.975. The van der Waals surface area contributed by atoms with E-state index in [0.717, 1.165) is 42.8 Å². The molecule has 0 aromatic carbocycles. The molecule has 1 fully saturated rings. The van der Waals surface area contributed by atoms with Gasteiger partial charge in [0.1, 0.15) is 11.5 Å². The van der Waals surface area contributed by atoms with Crippen LogP contribution in [0, 0.1) is 0 Å². The quantitative estimate of drug-likeness (QED) is 0.601. The van der Waals surface area contributed by atoms with Crippen molar-refractivity contribution < 1.29 is 0 Å². The standard InChI is InChI=1S/C12H17N5S/c1-15-5-7-16(8-6-15)11-9-10-13-3-4-17(10)12(14-11)18-2/h3-4,9H,5-8H2,1-2H3. The Balaban J connectivity index is 1.96. The largest absolute Gasteiger partial charge is 0.354 e. The van der Waals surface area contributed by atoms with Crippen LogP contribution in [0.25, 0.3) is 5.65 Å². The number of piperazine rings is 1. The summed E-state index contributed by atoms with van der Waals surface area (Å²) in [5.74, 6) is 1.05. The molecule has 18 heavy (non-hydrogen) atoms. The molecular weight excluding hydrogens is 246 g/mol. The van der Waals surface area contributed by atoms with Crippen LogP contribution in [0.1, 0.15) is 0 Å². The van der Waals surface area contributed by atoms with E-state index < -0.39 is 0 Å². The normalized spacial score (nSPS) is 17.6. The lowest BCUT2D eigenvalue weighted by atomic mass is 10.3. The summed E-state index contributed by atoms with van der Waals surface area (Å²) < 4.78 is 2.03. The summed E-state index contributed by atoms with van der Waals surface area (Å²) in [4.78, 5) is 13.8. The number of likely N-dealkylation sites (N-methyl/N-ethyl adjacent to an activating group) is 1. The third-order valence-corrected chi connectivity index (χ3v) is 4.01. The Labute approximate surface area is 111 Å². The van der Waals surface area contributed by atoms with E-state index in [2.05, 4.69) is 34.2 Å². The highest BCUT2D eigenvalue weighted by molar-refractivity contribution is 7.98. The molecule has 0 amide bonds. The number of thioether (sulfide) groups is 1. The number of anilines is 1. The Morgan fingerprint density at radius 2 is 2.00 bits per heavy atom. The zero-order valence-corrected chi connectivity index (χ0v) is 11.5. The molecule has 96 valence electrons. The van der Waals surface area contributed by atoms with Crippen molar-refractivity contribution in [2.45, 2.75) is 5.16 Å². The van der Waals surface area contributed by atoms with Gasteiger partial charge in [0.05, 0.1) is 0 Å². The molecule has 0 saturated carbocycles. The number of hydrogen-bond donors (Lipinski definition) is 0. The highest BCUT2D eigenvalue weighted by atomic mass is 32.2. The molecule has 0 bridgehead atoms. The first-order chi connectivity index (χ1) is 8.78. The Bertz CT molecular complexity index is 544. The molecule has 3 rings (SSSR count). The van der Waals surface area contributed by atoms with E-state index in [1.165, 1.54) is 0 Å². The summed E-state index contributed by atoms with van der Waals surface area (Å²) in [5.41, 5.74) is 0.975. The number of hydrogen-bond acceptors (Lipinski definition) is 5. The summed E-state index contributed by atoms with van der Waals surface area (Å²) in [6, 6.07) is 2.07. The second-order valence-corrected chi connectivity index (χ2v) is 5.32. The number of fused-ring (bicyclic) bond motifs is 1. The fourth-order valence-corrected chi connectivity index (χ4v) is 2.76. The van der Waals surface area contributed by atoms with Gasteiger partial charge in [-0.3, -0.25) is 4.40 Å². The van der Waals surface area contributed by atoms with Crippen molar-refractivity contribution in [2.24, 2.45) is 0 Å². The van der Waals surface area contributed by atoms with Gasteiger partial charge in [-0.15, -0.1) is 0 Å². The van der Waals surface area contributed by atoms with Crippen molar-refractivity contribution in [2.75, 3.05) is 44.4 Å². The maximum atomic E-state index is 4.73. The Hall–Kier alpha value is -1.27. The van der Waals surface area contributed by atoms with Crippen molar-refractivity contribution in [1.29, 1.82) is 0 Å². The summed E-state index contributed by atoms with van der Waals surface area (Å²) in [6.45, 7) is 4.26. The molecule has 6 heteroatoms. The predicted molar refractivity (Wildman–Crippen MR) is 74.5 cm³/mol. The molecule has 5 nitrogen and oxygen atoms in total. The minimum absolute atomic E-state index is 0.975. The molecule has 0 atom stereocenters. The first-order valence-electron chi connectivity index (χ1n) is 6.09. The fourth-order valence-electron chi connectivity index (χ4n) is 2.22. The van der Waals surface area contributed by atoms with Crippen LogP contribution in [0.2, 0.25) is 0 Å². The molecule has 2 aromatic heterocycles. The van der Waals surface area contributed by atoms with E-state index in [1.54, 1.807) is 11.8 Å². The third kappa shape index (κ3) is 2.06. The van der Waals surface area contributed by atoms with Gasteiger partial charge in [-0.05, 0) is 13.3 Å². The predicted octanol–water partition coefficient (Wildman–Crippen LogP) is 1.20. The van der Waals surface area contributed by atoms with Crippen molar-refractivity contribution in [3.8, 4) is 0 Å². The average Bonchev–Trinajstić information content (AvgIpc) is 2.86. The average molecular weight is 263 g/mol. The number of nitrogens with zero attached hydrogens (tertiary/aromatic N) is 5. The summed E-state index contributed by atoms with van der Waals surface area (Å²) in [7, 11) is 2.16.